The molecule has 136 valence electrons. The van der Waals surface area contributed by atoms with Crippen LogP contribution in [0.25, 0.3) is 11.0 Å². The molecule has 7 heteroatoms. The number of hydrogen-bond acceptors (Lipinski definition) is 4. The number of rotatable bonds is 4. The van der Waals surface area contributed by atoms with Crippen molar-refractivity contribution in [2.75, 3.05) is 13.1 Å². The fourth-order valence-electron chi connectivity index (χ4n) is 3.60. The molecular formula is C19H21ClN4OS. The minimum atomic E-state index is 0.0672. The second-order valence-corrected chi connectivity index (χ2v) is 8.89. The standard InChI is InChI=1S/C19H21ClN4OS/c1-12(2)10-24-15-9-21-7-5-14(15)22-18(24)13-6-8-23(11-13)19(25)16-3-4-17(20)26-16/h3-5,7,9,12-13H,6,8,10-11H2,1-2H3/t13-/m1/s1. The summed E-state index contributed by atoms with van der Waals surface area (Å²) >= 11 is 7.32. The summed E-state index contributed by atoms with van der Waals surface area (Å²) in [7, 11) is 0. The second kappa shape index (κ2) is 7.00. The zero-order chi connectivity index (χ0) is 18.3. The van der Waals surface area contributed by atoms with E-state index in [1.807, 2.05) is 23.2 Å². The van der Waals surface area contributed by atoms with Gasteiger partial charge >= 0.3 is 0 Å². The molecule has 5 nitrogen and oxygen atoms in total. The van der Waals surface area contributed by atoms with Crippen LogP contribution in [0.2, 0.25) is 4.34 Å². The smallest absolute Gasteiger partial charge is 0.263 e. The maximum Gasteiger partial charge on any atom is 0.263 e. The number of carbonyl (C=O) groups excluding carboxylic acids is 1. The van der Waals surface area contributed by atoms with Gasteiger partial charge < -0.3 is 9.47 Å². The van der Waals surface area contributed by atoms with E-state index in [0.717, 1.165) is 36.4 Å². The molecule has 0 spiro atoms. The number of thiophene rings is 1. The van der Waals surface area contributed by atoms with E-state index in [2.05, 4.69) is 23.4 Å². The maximum absolute atomic E-state index is 12.7. The molecule has 1 aliphatic rings. The molecule has 3 aromatic heterocycles. The van der Waals surface area contributed by atoms with Crippen molar-refractivity contribution in [3.05, 3.63) is 45.6 Å². The van der Waals surface area contributed by atoms with Gasteiger partial charge in [-0.3, -0.25) is 9.78 Å². The van der Waals surface area contributed by atoms with Crippen molar-refractivity contribution < 1.29 is 4.79 Å². The molecule has 4 heterocycles. The van der Waals surface area contributed by atoms with Crippen LogP contribution in [0.5, 0.6) is 0 Å². The summed E-state index contributed by atoms with van der Waals surface area (Å²) in [6.45, 7) is 6.77. The number of fused-ring (bicyclic) bond motifs is 1. The average molecular weight is 389 g/mol. The van der Waals surface area contributed by atoms with Crippen molar-refractivity contribution in [3.8, 4) is 0 Å². The van der Waals surface area contributed by atoms with Crippen LogP contribution in [0.3, 0.4) is 0 Å². The van der Waals surface area contributed by atoms with Gasteiger partial charge in [0.1, 0.15) is 5.82 Å². The van der Waals surface area contributed by atoms with Gasteiger partial charge in [0.15, 0.2) is 0 Å². The lowest BCUT2D eigenvalue weighted by Crippen LogP contribution is -2.28. The predicted octanol–water partition coefficient (Wildman–Crippen LogP) is 4.43. The molecule has 1 amide bonds. The number of carbonyl (C=O) groups is 1. The van der Waals surface area contributed by atoms with Crippen molar-refractivity contribution in [2.45, 2.75) is 32.7 Å². The SMILES string of the molecule is CC(C)Cn1c([C@@H]2CCN(C(=O)c3ccc(Cl)s3)C2)nc2ccncc21. The quantitative estimate of drug-likeness (QED) is 0.664. The molecule has 0 aliphatic carbocycles. The summed E-state index contributed by atoms with van der Waals surface area (Å²) in [5.41, 5.74) is 2.05. The Morgan fingerprint density at radius 2 is 2.23 bits per heavy atom. The van der Waals surface area contributed by atoms with Gasteiger partial charge in [-0.1, -0.05) is 25.4 Å². The molecule has 1 aliphatic heterocycles. The van der Waals surface area contributed by atoms with Crippen LogP contribution in [0.1, 0.15) is 41.7 Å². The van der Waals surface area contributed by atoms with E-state index in [4.69, 9.17) is 16.6 Å². The van der Waals surface area contributed by atoms with Gasteiger partial charge in [0, 0.05) is 31.7 Å². The van der Waals surface area contributed by atoms with E-state index in [-0.39, 0.29) is 11.8 Å². The normalized spacial score (nSPS) is 17.5. The summed E-state index contributed by atoms with van der Waals surface area (Å²) < 4.78 is 2.93. The van der Waals surface area contributed by atoms with E-state index in [1.165, 1.54) is 11.3 Å². The van der Waals surface area contributed by atoms with Crippen LogP contribution in [0, 0.1) is 5.92 Å². The molecule has 26 heavy (non-hydrogen) atoms. The highest BCUT2D eigenvalue weighted by Crippen LogP contribution is 2.32. The molecule has 4 rings (SSSR count). The summed E-state index contributed by atoms with van der Waals surface area (Å²) in [6, 6.07) is 5.55. The van der Waals surface area contributed by atoms with Gasteiger partial charge in [-0.15, -0.1) is 11.3 Å². The minimum Gasteiger partial charge on any atom is -0.337 e. The summed E-state index contributed by atoms with van der Waals surface area (Å²) in [5.74, 6) is 1.90. The highest BCUT2D eigenvalue weighted by Gasteiger charge is 2.32. The number of amides is 1. The number of likely N-dealkylation sites (tertiary alicyclic amines) is 1. The third-order valence-corrected chi connectivity index (χ3v) is 5.97. The average Bonchev–Trinajstić information content (AvgIpc) is 3.33. The number of pyridine rings is 1. The molecule has 0 aromatic carbocycles. The second-order valence-electron chi connectivity index (χ2n) is 7.18. The first kappa shape index (κ1) is 17.5. The van der Waals surface area contributed by atoms with E-state index >= 15 is 0 Å². The van der Waals surface area contributed by atoms with Crippen LogP contribution in [0.15, 0.2) is 30.6 Å². The lowest BCUT2D eigenvalue weighted by molar-refractivity contribution is 0.0795. The van der Waals surface area contributed by atoms with E-state index in [9.17, 15) is 4.79 Å². The Morgan fingerprint density at radius 3 is 2.96 bits per heavy atom. The van der Waals surface area contributed by atoms with Gasteiger partial charge in [0.05, 0.1) is 26.4 Å². The molecule has 1 fully saturated rings. The largest absolute Gasteiger partial charge is 0.337 e. The summed E-state index contributed by atoms with van der Waals surface area (Å²) in [4.78, 5) is 24.5. The molecule has 0 N–H and O–H groups in total. The Morgan fingerprint density at radius 1 is 1.38 bits per heavy atom. The molecule has 1 atom stereocenters. The third-order valence-electron chi connectivity index (χ3n) is 4.75. The topological polar surface area (TPSA) is 51.0 Å². The van der Waals surface area contributed by atoms with Crippen LogP contribution < -0.4 is 0 Å². The Hall–Kier alpha value is -1.92. The lowest BCUT2D eigenvalue weighted by atomic mass is 10.1. The zero-order valence-corrected chi connectivity index (χ0v) is 16.4. The highest BCUT2D eigenvalue weighted by atomic mass is 35.5. The Balaban J connectivity index is 1.61. The fraction of sp³-hybridized carbons (Fsp3) is 0.421. The van der Waals surface area contributed by atoms with Crippen molar-refractivity contribution >= 4 is 39.9 Å². The first-order valence-corrected chi connectivity index (χ1v) is 10.1. The van der Waals surface area contributed by atoms with Crippen LogP contribution in [-0.2, 0) is 6.54 Å². The van der Waals surface area contributed by atoms with Crippen molar-refractivity contribution in [1.82, 2.24) is 19.4 Å². The number of imidazole rings is 1. The minimum absolute atomic E-state index is 0.0672. The number of aromatic nitrogens is 3. The number of nitrogens with zero attached hydrogens (tertiary/aromatic N) is 4. The Bertz CT molecular complexity index is 948. The molecule has 0 unspecified atom stereocenters. The van der Waals surface area contributed by atoms with Gasteiger partial charge in [0.25, 0.3) is 5.91 Å². The van der Waals surface area contributed by atoms with Crippen LogP contribution in [-0.4, -0.2) is 38.4 Å². The number of hydrogen-bond donors (Lipinski definition) is 0. The third kappa shape index (κ3) is 3.23. The van der Waals surface area contributed by atoms with Crippen molar-refractivity contribution in [2.24, 2.45) is 5.92 Å². The summed E-state index contributed by atoms with van der Waals surface area (Å²) in [5, 5.41) is 0. The van der Waals surface area contributed by atoms with Crippen molar-refractivity contribution in [3.63, 3.8) is 0 Å². The van der Waals surface area contributed by atoms with Crippen LogP contribution in [0.4, 0.5) is 0 Å². The first-order chi connectivity index (χ1) is 12.5. The van der Waals surface area contributed by atoms with Gasteiger partial charge in [-0.2, -0.15) is 0 Å². The fourth-order valence-corrected chi connectivity index (χ4v) is 4.61. The first-order valence-electron chi connectivity index (χ1n) is 8.87. The van der Waals surface area contributed by atoms with Gasteiger partial charge in [-0.25, -0.2) is 4.98 Å². The summed E-state index contributed by atoms with van der Waals surface area (Å²) in [6.07, 6.45) is 4.60. The van der Waals surface area contributed by atoms with Crippen LogP contribution >= 0.6 is 22.9 Å². The highest BCUT2D eigenvalue weighted by molar-refractivity contribution is 7.17. The van der Waals surface area contributed by atoms with E-state index < -0.39 is 0 Å². The zero-order valence-electron chi connectivity index (χ0n) is 14.9. The molecule has 1 saturated heterocycles. The van der Waals surface area contributed by atoms with E-state index in [0.29, 0.717) is 21.7 Å². The lowest BCUT2D eigenvalue weighted by Gasteiger charge is -2.17. The maximum atomic E-state index is 12.7. The van der Waals surface area contributed by atoms with Gasteiger partial charge in [-0.05, 0) is 30.5 Å². The Labute approximate surface area is 161 Å². The van der Waals surface area contributed by atoms with E-state index in [1.54, 1.807) is 12.3 Å². The molecule has 0 saturated carbocycles. The van der Waals surface area contributed by atoms with Gasteiger partial charge in [0.2, 0.25) is 0 Å². The molecule has 0 bridgehead atoms. The number of halogens is 1. The monoisotopic (exact) mass is 388 g/mol. The molecule has 3 aromatic rings. The molecule has 0 radical (unpaired) electrons. The predicted molar refractivity (Wildman–Crippen MR) is 105 cm³/mol. The Kier molecular flexibility index (Phi) is 4.71. The van der Waals surface area contributed by atoms with Crippen molar-refractivity contribution in [1.29, 1.82) is 0 Å². The molecular weight excluding hydrogens is 368 g/mol.